The van der Waals surface area contributed by atoms with E-state index in [4.69, 9.17) is 9.84 Å². The Labute approximate surface area is 181 Å². The first-order valence-corrected chi connectivity index (χ1v) is 12.3. The Bertz CT molecular complexity index is 396. The molecule has 0 fully saturated rings. The fourth-order valence-electron chi connectivity index (χ4n) is 3.30. The van der Waals surface area contributed by atoms with Crippen molar-refractivity contribution in [3.05, 3.63) is 30.3 Å². The van der Waals surface area contributed by atoms with Crippen LogP contribution in [-0.2, 0) is 4.74 Å². The first-order valence-electron chi connectivity index (χ1n) is 12.3. The van der Waals surface area contributed by atoms with Crippen LogP contribution in [0.5, 0.6) is 0 Å². The number of likely N-dealkylation sites (N-methyl/N-ethyl adjacent to an activating group) is 1. The van der Waals surface area contributed by atoms with Crippen LogP contribution in [0.4, 0.5) is 5.69 Å². The van der Waals surface area contributed by atoms with Crippen LogP contribution < -0.4 is 4.90 Å². The molecule has 0 atom stereocenters. The predicted octanol–water partition coefficient (Wildman–Crippen LogP) is 7.23. The number of hydrogen-bond donors (Lipinski definition) is 1. The average Bonchev–Trinajstić information content (AvgIpc) is 2.76. The van der Waals surface area contributed by atoms with E-state index in [1.165, 1.54) is 82.7 Å². The van der Waals surface area contributed by atoms with Gasteiger partial charge in [-0.2, -0.15) is 0 Å². The highest BCUT2D eigenvalue weighted by Crippen LogP contribution is 2.11. The number of para-hydroxylation sites is 1. The van der Waals surface area contributed by atoms with Crippen molar-refractivity contribution in [1.82, 2.24) is 0 Å². The van der Waals surface area contributed by atoms with Gasteiger partial charge in [0.25, 0.3) is 0 Å². The lowest BCUT2D eigenvalue weighted by Crippen LogP contribution is -2.25. The molecular formula is C26H49NO2. The van der Waals surface area contributed by atoms with Crippen molar-refractivity contribution in [1.29, 1.82) is 0 Å². The van der Waals surface area contributed by atoms with Crippen LogP contribution in [0, 0.1) is 0 Å². The lowest BCUT2D eigenvalue weighted by molar-refractivity contribution is 0.125. The second kappa shape index (κ2) is 23.2. The van der Waals surface area contributed by atoms with E-state index in [0.717, 1.165) is 19.8 Å². The maximum atomic E-state index is 8.79. The molecule has 0 aliphatic rings. The summed E-state index contributed by atoms with van der Waals surface area (Å²) in [7, 11) is 0. The van der Waals surface area contributed by atoms with Gasteiger partial charge in [0, 0.05) is 32.0 Å². The molecule has 1 aromatic carbocycles. The summed E-state index contributed by atoms with van der Waals surface area (Å²) in [5.74, 6) is 0. The number of anilines is 1. The van der Waals surface area contributed by atoms with E-state index < -0.39 is 0 Å². The summed E-state index contributed by atoms with van der Waals surface area (Å²) in [6.07, 6.45) is 16.3. The largest absolute Gasteiger partial charge is 0.395 e. The standard InChI is InChI=1S/C16H34O.C10H15NO/c1-3-5-7-9-11-13-15-17-16-14-12-10-8-6-4-2;1-2-11(8-9-12)10-6-4-3-5-7-10/h3-16H2,1-2H3;3-7,12H,2,8-9H2,1H3. The molecule has 0 saturated carbocycles. The zero-order valence-electron chi connectivity index (χ0n) is 19.7. The summed E-state index contributed by atoms with van der Waals surface area (Å²) in [5.41, 5.74) is 1.18. The van der Waals surface area contributed by atoms with Gasteiger partial charge in [0.05, 0.1) is 6.61 Å². The van der Waals surface area contributed by atoms with Crippen LogP contribution in [0.3, 0.4) is 0 Å². The van der Waals surface area contributed by atoms with Crippen LogP contribution in [-0.4, -0.2) is 38.0 Å². The van der Waals surface area contributed by atoms with Gasteiger partial charge < -0.3 is 14.7 Å². The van der Waals surface area contributed by atoms with Gasteiger partial charge in [-0.1, -0.05) is 96.3 Å². The zero-order valence-corrected chi connectivity index (χ0v) is 19.7. The monoisotopic (exact) mass is 407 g/mol. The van der Waals surface area contributed by atoms with Crippen LogP contribution in [0.15, 0.2) is 30.3 Å². The summed E-state index contributed by atoms with van der Waals surface area (Å²) in [5, 5.41) is 8.79. The molecule has 0 amide bonds. The molecule has 1 N–H and O–H groups in total. The van der Waals surface area contributed by atoms with Crippen molar-refractivity contribution < 1.29 is 9.84 Å². The van der Waals surface area contributed by atoms with E-state index in [1.54, 1.807) is 0 Å². The number of rotatable bonds is 18. The summed E-state index contributed by atoms with van der Waals surface area (Å²) >= 11 is 0. The highest BCUT2D eigenvalue weighted by atomic mass is 16.5. The number of aliphatic hydroxyl groups excluding tert-OH is 1. The van der Waals surface area contributed by atoms with E-state index >= 15 is 0 Å². The van der Waals surface area contributed by atoms with E-state index in [9.17, 15) is 0 Å². The van der Waals surface area contributed by atoms with Crippen molar-refractivity contribution in [2.24, 2.45) is 0 Å². The van der Waals surface area contributed by atoms with E-state index in [1.807, 2.05) is 18.2 Å². The zero-order chi connectivity index (χ0) is 21.4. The molecule has 0 spiro atoms. The van der Waals surface area contributed by atoms with Crippen LogP contribution in [0.25, 0.3) is 0 Å². The highest BCUT2D eigenvalue weighted by molar-refractivity contribution is 5.45. The van der Waals surface area contributed by atoms with Crippen molar-refractivity contribution in [2.75, 3.05) is 37.8 Å². The molecule has 3 heteroatoms. The first-order chi connectivity index (χ1) is 14.3. The molecule has 170 valence electrons. The van der Waals surface area contributed by atoms with Gasteiger partial charge >= 0.3 is 0 Å². The minimum Gasteiger partial charge on any atom is -0.395 e. The normalized spacial score (nSPS) is 10.5. The molecule has 0 unspecified atom stereocenters. The van der Waals surface area contributed by atoms with Gasteiger partial charge in [0.15, 0.2) is 0 Å². The molecular weight excluding hydrogens is 358 g/mol. The topological polar surface area (TPSA) is 32.7 Å². The first kappa shape index (κ1) is 27.9. The highest BCUT2D eigenvalue weighted by Gasteiger charge is 2.00. The Morgan fingerprint density at radius 3 is 1.62 bits per heavy atom. The SMILES string of the molecule is CCCCCCCCOCCCCCCCC.CCN(CCO)c1ccccc1. The molecule has 1 aromatic rings. The van der Waals surface area contributed by atoms with Crippen LogP contribution in [0.2, 0.25) is 0 Å². The Morgan fingerprint density at radius 1 is 0.690 bits per heavy atom. The number of aliphatic hydroxyl groups is 1. The molecule has 0 bridgehead atoms. The number of ether oxygens (including phenoxy) is 1. The van der Waals surface area contributed by atoms with Crippen LogP contribution >= 0.6 is 0 Å². The van der Waals surface area contributed by atoms with Gasteiger partial charge in [0.2, 0.25) is 0 Å². The number of benzene rings is 1. The van der Waals surface area contributed by atoms with E-state index in [2.05, 4.69) is 37.8 Å². The van der Waals surface area contributed by atoms with E-state index in [0.29, 0.717) is 6.54 Å². The third-order valence-electron chi connectivity index (χ3n) is 5.16. The Balaban J connectivity index is 0.000000571. The molecule has 3 nitrogen and oxygen atoms in total. The maximum Gasteiger partial charge on any atom is 0.0606 e. The van der Waals surface area contributed by atoms with Crippen molar-refractivity contribution in [3.63, 3.8) is 0 Å². The molecule has 29 heavy (non-hydrogen) atoms. The molecule has 0 heterocycles. The van der Waals surface area contributed by atoms with Gasteiger partial charge in [-0.05, 0) is 31.9 Å². The summed E-state index contributed by atoms with van der Waals surface area (Å²) < 4.78 is 5.65. The van der Waals surface area contributed by atoms with Crippen molar-refractivity contribution in [3.8, 4) is 0 Å². The fraction of sp³-hybridized carbons (Fsp3) is 0.769. The molecule has 0 saturated heterocycles. The summed E-state index contributed by atoms with van der Waals surface area (Å²) in [6.45, 7) is 10.5. The van der Waals surface area contributed by atoms with Gasteiger partial charge in [-0.3, -0.25) is 0 Å². The number of hydrogen-bond acceptors (Lipinski definition) is 3. The van der Waals surface area contributed by atoms with E-state index in [-0.39, 0.29) is 6.61 Å². The third kappa shape index (κ3) is 18.7. The average molecular weight is 408 g/mol. The smallest absolute Gasteiger partial charge is 0.0606 e. The Hall–Kier alpha value is -1.06. The van der Waals surface area contributed by atoms with Crippen LogP contribution in [0.1, 0.15) is 97.8 Å². The molecule has 0 aromatic heterocycles. The summed E-state index contributed by atoms with van der Waals surface area (Å²) in [6, 6.07) is 10.1. The molecule has 0 aliphatic carbocycles. The van der Waals surface area contributed by atoms with Gasteiger partial charge in [-0.25, -0.2) is 0 Å². The van der Waals surface area contributed by atoms with Crippen molar-refractivity contribution in [2.45, 2.75) is 97.8 Å². The second-order valence-corrected chi connectivity index (χ2v) is 7.79. The minimum absolute atomic E-state index is 0.211. The quantitative estimate of drug-likeness (QED) is 0.261. The van der Waals surface area contributed by atoms with Crippen molar-refractivity contribution >= 4 is 5.69 Å². The van der Waals surface area contributed by atoms with Gasteiger partial charge in [-0.15, -0.1) is 0 Å². The number of nitrogens with zero attached hydrogens (tertiary/aromatic N) is 1. The summed E-state index contributed by atoms with van der Waals surface area (Å²) in [4.78, 5) is 2.14. The molecule has 1 rings (SSSR count). The Kier molecular flexibility index (Phi) is 22.4. The predicted molar refractivity (Wildman–Crippen MR) is 129 cm³/mol. The number of unbranched alkanes of at least 4 members (excludes halogenated alkanes) is 10. The van der Waals surface area contributed by atoms with Gasteiger partial charge in [0.1, 0.15) is 0 Å². The molecule has 0 radical (unpaired) electrons. The lowest BCUT2D eigenvalue weighted by Gasteiger charge is -2.21. The maximum absolute atomic E-state index is 8.79. The third-order valence-corrected chi connectivity index (χ3v) is 5.16. The molecule has 0 aliphatic heterocycles. The second-order valence-electron chi connectivity index (χ2n) is 7.79. The fourth-order valence-corrected chi connectivity index (χ4v) is 3.30. The lowest BCUT2D eigenvalue weighted by atomic mass is 10.1. The Morgan fingerprint density at radius 2 is 1.17 bits per heavy atom. The minimum atomic E-state index is 0.211.